The summed E-state index contributed by atoms with van der Waals surface area (Å²) in [7, 11) is 0. The van der Waals surface area contributed by atoms with E-state index in [2.05, 4.69) is 6.92 Å². The molecule has 0 radical (unpaired) electrons. The zero-order valence-corrected chi connectivity index (χ0v) is 9.69. The number of piperazine rings is 1. The highest BCUT2D eigenvalue weighted by molar-refractivity contribution is 5.95. The highest BCUT2D eigenvalue weighted by Gasteiger charge is 2.50. The van der Waals surface area contributed by atoms with Crippen molar-refractivity contribution in [3.05, 3.63) is 0 Å². The Balaban J connectivity index is 1.76. The van der Waals surface area contributed by atoms with Gasteiger partial charge in [0, 0.05) is 12.6 Å². The number of carbonyl (C=O) groups excluding carboxylic acids is 2. The van der Waals surface area contributed by atoms with Crippen LogP contribution >= 0.6 is 0 Å². The topological polar surface area (TPSA) is 40.6 Å². The second kappa shape index (κ2) is 3.47. The summed E-state index contributed by atoms with van der Waals surface area (Å²) in [6.07, 6.45) is 4.07. The SMILES string of the molecule is CCC1CC1N1CC(=O)N2CCCC2C1=O. The number of hydrogen-bond acceptors (Lipinski definition) is 2. The Morgan fingerprint density at radius 1 is 1.31 bits per heavy atom. The van der Waals surface area contributed by atoms with E-state index in [1.165, 1.54) is 0 Å². The summed E-state index contributed by atoms with van der Waals surface area (Å²) < 4.78 is 0. The number of rotatable bonds is 2. The first-order chi connectivity index (χ1) is 7.72. The molecule has 4 nitrogen and oxygen atoms in total. The van der Waals surface area contributed by atoms with E-state index in [0.717, 1.165) is 32.2 Å². The van der Waals surface area contributed by atoms with E-state index in [4.69, 9.17) is 0 Å². The van der Waals surface area contributed by atoms with Gasteiger partial charge in [-0.2, -0.15) is 0 Å². The van der Waals surface area contributed by atoms with Gasteiger partial charge in [-0.3, -0.25) is 9.59 Å². The fourth-order valence-corrected chi connectivity index (χ4v) is 3.16. The normalized spacial score (nSPS) is 37.9. The van der Waals surface area contributed by atoms with E-state index in [9.17, 15) is 9.59 Å². The lowest BCUT2D eigenvalue weighted by Crippen LogP contribution is -2.58. The molecule has 0 spiro atoms. The first-order valence-corrected chi connectivity index (χ1v) is 6.32. The van der Waals surface area contributed by atoms with Crippen molar-refractivity contribution in [1.82, 2.24) is 9.80 Å². The van der Waals surface area contributed by atoms with Crippen LogP contribution in [0, 0.1) is 5.92 Å². The predicted molar refractivity (Wildman–Crippen MR) is 58.6 cm³/mol. The van der Waals surface area contributed by atoms with Crippen molar-refractivity contribution in [3.8, 4) is 0 Å². The van der Waals surface area contributed by atoms with Gasteiger partial charge in [-0.15, -0.1) is 0 Å². The van der Waals surface area contributed by atoms with Crippen molar-refractivity contribution < 1.29 is 9.59 Å². The fraction of sp³-hybridized carbons (Fsp3) is 0.833. The maximum absolute atomic E-state index is 12.2. The van der Waals surface area contributed by atoms with Crippen LogP contribution in [0.3, 0.4) is 0 Å². The average molecular weight is 222 g/mol. The molecule has 2 heterocycles. The maximum atomic E-state index is 12.2. The molecular weight excluding hydrogens is 204 g/mol. The van der Waals surface area contributed by atoms with Crippen molar-refractivity contribution in [2.75, 3.05) is 13.1 Å². The molecule has 1 saturated carbocycles. The second-order valence-electron chi connectivity index (χ2n) is 5.18. The number of carbonyl (C=O) groups is 2. The Morgan fingerprint density at radius 3 is 2.81 bits per heavy atom. The quantitative estimate of drug-likeness (QED) is 0.687. The summed E-state index contributed by atoms with van der Waals surface area (Å²) in [5, 5.41) is 0. The van der Waals surface area contributed by atoms with Gasteiger partial charge in [0.2, 0.25) is 11.8 Å². The molecule has 0 aromatic rings. The van der Waals surface area contributed by atoms with Gasteiger partial charge < -0.3 is 9.80 Å². The first-order valence-electron chi connectivity index (χ1n) is 6.32. The van der Waals surface area contributed by atoms with E-state index < -0.39 is 0 Å². The van der Waals surface area contributed by atoms with Crippen LogP contribution in [0.1, 0.15) is 32.6 Å². The molecule has 3 unspecified atom stereocenters. The Hall–Kier alpha value is -1.06. The summed E-state index contributed by atoms with van der Waals surface area (Å²) >= 11 is 0. The van der Waals surface area contributed by atoms with Crippen LogP contribution in [0.2, 0.25) is 0 Å². The van der Waals surface area contributed by atoms with Crippen LogP contribution in [0.4, 0.5) is 0 Å². The molecule has 0 N–H and O–H groups in total. The minimum absolute atomic E-state index is 0.126. The molecule has 0 aromatic carbocycles. The Morgan fingerprint density at radius 2 is 2.12 bits per heavy atom. The van der Waals surface area contributed by atoms with Crippen molar-refractivity contribution >= 4 is 11.8 Å². The van der Waals surface area contributed by atoms with Gasteiger partial charge in [0.05, 0.1) is 0 Å². The van der Waals surface area contributed by atoms with Gasteiger partial charge >= 0.3 is 0 Å². The Bertz CT molecular complexity index is 342. The van der Waals surface area contributed by atoms with Crippen LogP contribution in [0.25, 0.3) is 0 Å². The maximum Gasteiger partial charge on any atom is 0.246 e. The van der Waals surface area contributed by atoms with Crippen LogP contribution < -0.4 is 0 Å². The molecule has 2 saturated heterocycles. The van der Waals surface area contributed by atoms with Crippen molar-refractivity contribution in [2.24, 2.45) is 5.92 Å². The van der Waals surface area contributed by atoms with Crippen LogP contribution in [-0.2, 0) is 9.59 Å². The zero-order valence-electron chi connectivity index (χ0n) is 9.69. The van der Waals surface area contributed by atoms with Gasteiger partial charge in [-0.25, -0.2) is 0 Å². The molecule has 0 bridgehead atoms. The molecule has 4 heteroatoms. The average Bonchev–Trinajstić information content (AvgIpc) is 2.88. The molecule has 3 rings (SSSR count). The Labute approximate surface area is 95.6 Å². The first kappa shape index (κ1) is 10.1. The fourth-order valence-electron chi connectivity index (χ4n) is 3.16. The van der Waals surface area contributed by atoms with Crippen molar-refractivity contribution in [1.29, 1.82) is 0 Å². The molecule has 3 aliphatic rings. The third-order valence-electron chi connectivity index (χ3n) is 4.26. The van der Waals surface area contributed by atoms with E-state index >= 15 is 0 Å². The highest BCUT2D eigenvalue weighted by Crippen LogP contribution is 2.40. The molecule has 1 aliphatic carbocycles. The number of nitrogens with zero attached hydrogens (tertiary/aromatic N) is 2. The summed E-state index contributed by atoms with van der Waals surface area (Å²) in [5.74, 6) is 1.01. The van der Waals surface area contributed by atoms with E-state index in [0.29, 0.717) is 18.5 Å². The molecule has 3 fully saturated rings. The van der Waals surface area contributed by atoms with Crippen LogP contribution in [-0.4, -0.2) is 46.8 Å². The highest BCUT2D eigenvalue weighted by atomic mass is 16.2. The van der Waals surface area contributed by atoms with E-state index in [-0.39, 0.29) is 17.9 Å². The molecule has 2 aliphatic heterocycles. The summed E-state index contributed by atoms with van der Waals surface area (Å²) in [4.78, 5) is 27.7. The number of amides is 2. The lowest BCUT2D eigenvalue weighted by molar-refractivity contribution is -0.154. The molecule has 3 atom stereocenters. The van der Waals surface area contributed by atoms with Crippen LogP contribution in [0.15, 0.2) is 0 Å². The van der Waals surface area contributed by atoms with Gasteiger partial charge in [0.1, 0.15) is 12.6 Å². The van der Waals surface area contributed by atoms with E-state index in [1.54, 1.807) is 4.90 Å². The van der Waals surface area contributed by atoms with Crippen LogP contribution in [0.5, 0.6) is 0 Å². The monoisotopic (exact) mass is 222 g/mol. The number of fused-ring (bicyclic) bond motifs is 1. The minimum Gasteiger partial charge on any atom is -0.329 e. The predicted octanol–water partition coefficient (Wildman–Crippen LogP) is 0.618. The largest absolute Gasteiger partial charge is 0.329 e. The molecule has 2 amide bonds. The standard InChI is InChI=1S/C12H18N2O2/c1-2-8-6-10(8)14-7-11(15)13-5-3-4-9(13)12(14)16/h8-10H,2-7H2,1H3. The zero-order chi connectivity index (χ0) is 11.3. The molecule has 0 aromatic heterocycles. The minimum atomic E-state index is -0.126. The summed E-state index contributed by atoms with van der Waals surface area (Å²) in [6, 6.07) is 0.239. The van der Waals surface area contributed by atoms with Gasteiger partial charge in [0.25, 0.3) is 0 Å². The van der Waals surface area contributed by atoms with E-state index in [1.807, 2.05) is 4.90 Å². The van der Waals surface area contributed by atoms with Gasteiger partial charge in [0.15, 0.2) is 0 Å². The van der Waals surface area contributed by atoms with Crippen molar-refractivity contribution in [2.45, 2.75) is 44.7 Å². The lowest BCUT2D eigenvalue weighted by Gasteiger charge is -2.36. The molecule has 88 valence electrons. The number of hydrogen-bond donors (Lipinski definition) is 0. The third kappa shape index (κ3) is 1.35. The second-order valence-corrected chi connectivity index (χ2v) is 5.18. The lowest BCUT2D eigenvalue weighted by atomic mass is 10.1. The summed E-state index contributed by atoms with van der Waals surface area (Å²) in [6.45, 7) is 3.27. The van der Waals surface area contributed by atoms with Gasteiger partial charge in [-0.05, 0) is 25.2 Å². The summed E-state index contributed by atoms with van der Waals surface area (Å²) in [5.41, 5.74) is 0. The molecule has 16 heavy (non-hydrogen) atoms. The third-order valence-corrected chi connectivity index (χ3v) is 4.26. The smallest absolute Gasteiger partial charge is 0.246 e. The Kier molecular flexibility index (Phi) is 2.19. The molecular formula is C12H18N2O2. The van der Waals surface area contributed by atoms with Crippen molar-refractivity contribution in [3.63, 3.8) is 0 Å². The van der Waals surface area contributed by atoms with Gasteiger partial charge in [-0.1, -0.05) is 13.3 Å².